The maximum Gasteiger partial charge on any atom is 0.266 e. The Bertz CT molecular complexity index is 930. The summed E-state index contributed by atoms with van der Waals surface area (Å²) < 4.78 is 27.3. The third-order valence-electron chi connectivity index (χ3n) is 3.73. The molecule has 0 fully saturated rings. The molecule has 0 saturated carbocycles. The molecule has 7 heteroatoms. The molecule has 2 aromatic rings. The van der Waals surface area contributed by atoms with Crippen molar-refractivity contribution in [2.75, 3.05) is 9.62 Å². The summed E-state index contributed by atoms with van der Waals surface area (Å²) >= 11 is 0. The molecule has 1 atom stereocenters. The molecule has 1 N–H and O–H groups in total. The molecule has 0 spiro atoms. The first-order valence-corrected chi connectivity index (χ1v) is 8.69. The molecule has 6 nitrogen and oxygen atoms in total. The number of hydrogen-bond donors (Lipinski definition) is 1. The molecule has 122 valence electrons. The number of nitrogens with one attached hydrogen (secondary N) is 1. The minimum absolute atomic E-state index is 0.0487. The van der Waals surface area contributed by atoms with E-state index in [1.165, 1.54) is 18.3 Å². The lowest BCUT2D eigenvalue weighted by atomic mass is 10.1. The molecule has 1 aliphatic rings. The second-order valence-electron chi connectivity index (χ2n) is 5.40. The molecule has 1 aromatic carbocycles. The highest BCUT2D eigenvalue weighted by Gasteiger charge is 2.41. The number of hydrogen-bond acceptors (Lipinski definition) is 4. The first kappa shape index (κ1) is 16.0. The Morgan fingerprint density at radius 3 is 2.67 bits per heavy atom. The van der Waals surface area contributed by atoms with E-state index in [2.05, 4.69) is 16.2 Å². The fourth-order valence-electron chi connectivity index (χ4n) is 2.53. The van der Waals surface area contributed by atoms with Gasteiger partial charge in [-0.15, -0.1) is 12.3 Å². The SMILES string of the molecule is C#CC[C@@H]1C(=O)Nc2cccnc2N1S(=O)(=O)c1ccc(C)cc1. The number of aryl methyl sites for hydroxylation is 1. The van der Waals surface area contributed by atoms with Crippen LogP contribution in [0, 0.1) is 19.3 Å². The van der Waals surface area contributed by atoms with Gasteiger partial charge in [-0.25, -0.2) is 17.7 Å². The van der Waals surface area contributed by atoms with Crippen LogP contribution in [0.4, 0.5) is 11.5 Å². The van der Waals surface area contributed by atoms with E-state index in [1.807, 2.05) is 6.92 Å². The second kappa shape index (κ2) is 5.98. The molecule has 2 heterocycles. The predicted octanol–water partition coefficient (Wildman–Crippen LogP) is 1.93. The van der Waals surface area contributed by atoms with Crippen LogP contribution < -0.4 is 9.62 Å². The van der Waals surface area contributed by atoms with E-state index < -0.39 is 22.0 Å². The number of rotatable bonds is 3. The lowest BCUT2D eigenvalue weighted by Crippen LogP contribution is -2.51. The topological polar surface area (TPSA) is 79.4 Å². The molecule has 0 unspecified atom stereocenters. The maximum absolute atomic E-state index is 13.1. The van der Waals surface area contributed by atoms with E-state index in [0.29, 0.717) is 5.69 Å². The number of amides is 1. The van der Waals surface area contributed by atoms with Crippen LogP contribution in [-0.4, -0.2) is 25.4 Å². The molecular weight excluding hydrogens is 326 g/mol. The molecular formula is C17H15N3O3S. The van der Waals surface area contributed by atoms with Crippen molar-refractivity contribution in [3.63, 3.8) is 0 Å². The minimum Gasteiger partial charge on any atom is -0.321 e. The summed E-state index contributed by atoms with van der Waals surface area (Å²) in [5.41, 5.74) is 1.27. The lowest BCUT2D eigenvalue weighted by molar-refractivity contribution is -0.117. The van der Waals surface area contributed by atoms with Gasteiger partial charge in [0.2, 0.25) is 5.91 Å². The van der Waals surface area contributed by atoms with Gasteiger partial charge in [0, 0.05) is 12.6 Å². The van der Waals surface area contributed by atoms with Gasteiger partial charge in [-0.2, -0.15) is 0 Å². The second-order valence-corrected chi connectivity index (χ2v) is 7.22. The Hall–Kier alpha value is -2.85. The Balaban J connectivity index is 2.19. The van der Waals surface area contributed by atoms with Crippen LogP contribution >= 0.6 is 0 Å². The lowest BCUT2D eigenvalue weighted by Gasteiger charge is -2.35. The molecule has 0 aliphatic carbocycles. The quantitative estimate of drug-likeness (QED) is 0.865. The van der Waals surface area contributed by atoms with Crippen LogP contribution in [0.25, 0.3) is 0 Å². The number of nitrogens with zero attached hydrogens (tertiary/aromatic N) is 2. The van der Waals surface area contributed by atoms with Gasteiger partial charge in [-0.1, -0.05) is 17.7 Å². The smallest absolute Gasteiger partial charge is 0.266 e. The number of benzene rings is 1. The van der Waals surface area contributed by atoms with Gasteiger partial charge in [0.05, 0.1) is 10.6 Å². The Labute approximate surface area is 140 Å². The zero-order chi connectivity index (χ0) is 17.3. The normalized spacial score (nSPS) is 16.9. The maximum atomic E-state index is 13.1. The number of sulfonamides is 1. The van der Waals surface area contributed by atoms with Gasteiger partial charge in [0.15, 0.2) is 5.82 Å². The minimum atomic E-state index is -3.98. The average molecular weight is 341 g/mol. The van der Waals surface area contributed by atoms with Crippen LogP contribution in [-0.2, 0) is 14.8 Å². The van der Waals surface area contributed by atoms with Gasteiger partial charge in [0.25, 0.3) is 10.0 Å². The summed E-state index contributed by atoms with van der Waals surface area (Å²) in [6, 6.07) is 8.60. The molecule has 3 rings (SSSR count). The standard InChI is InChI=1S/C17H15N3O3S/c1-3-5-15-17(21)19-14-6-4-11-18-16(14)20(15)24(22,23)13-9-7-12(2)8-10-13/h1,4,6-11,15H,5H2,2H3,(H,19,21)/t15-/m1/s1. The average Bonchev–Trinajstić information content (AvgIpc) is 2.56. The number of carbonyl (C=O) groups is 1. The van der Waals surface area contributed by atoms with E-state index in [1.54, 1.807) is 24.3 Å². The first-order valence-electron chi connectivity index (χ1n) is 7.25. The van der Waals surface area contributed by atoms with Crippen molar-refractivity contribution >= 4 is 27.4 Å². The van der Waals surface area contributed by atoms with Crippen molar-refractivity contribution in [2.45, 2.75) is 24.3 Å². The molecule has 1 aliphatic heterocycles. The third kappa shape index (κ3) is 2.61. The van der Waals surface area contributed by atoms with Gasteiger partial charge < -0.3 is 5.32 Å². The van der Waals surface area contributed by atoms with Crippen LogP contribution in [0.15, 0.2) is 47.5 Å². The van der Waals surface area contributed by atoms with Crippen LogP contribution in [0.2, 0.25) is 0 Å². The largest absolute Gasteiger partial charge is 0.321 e. The number of aromatic nitrogens is 1. The molecule has 24 heavy (non-hydrogen) atoms. The molecule has 0 saturated heterocycles. The van der Waals surface area contributed by atoms with Crippen LogP contribution in [0.3, 0.4) is 0 Å². The zero-order valence-corrected chi connectivity index (χ0v) is 13.7. The van der Waals surface area contributed by atoms with Crippen molar-refractivity contribution < 1.29 is 13.2 Å². The summed E-state index contributed by atoms with van der Waals surface area (Å²) in [6.45, 7) is 1.86. The fourth-order valence-corrected chi connectivity index (χ4v) is 4.12. The highest BCUT2D eigenvalue weighted by Crippen LogP contribution is 2.35. The summed E-state index contributed by atoms with van der Waals surface area (Å²) in [5.74, 6) is 2.06. The molecule has 0 bridgehead atoms. The van der Waals surface area contributed by atoms with Gasteiger partial charge >= 0.3 is 0 Å². The third-order valence-corrected chi connectivity index (χ3v) is 5.54. The van der Waals surface area contributed by atoms with Crippen molar-refractivity contribution in [3.05, 3.63) is 48.2 Å². The Kier molecular flexibility index (Phi) is 3.99. The van der Waals surface area contributed by atoms with Crippen LogP contribution in [0.1, 0.15) is 12.0 Å². The summed E-state index contributed by atoms with van der Waals surface area (Å²) in [4.78, 5) is 16.6. The monoisotopic (exact) mass is 341 g/mol. The van der Waals surface area contributed by atoms with Crippen molar-refractivity contribution in [2.24, 2.45) is 0 Å². The molecule has 1 amide bonds. The molecule has 1 aromatic heterocycles. The predicted molar refractivity (Wildman–Crippen MR) is 90.9 cm³/mol. The summed E-state index contributed by atoms with van der Waals surface area (Å²) in [7, 11) is -3.98. The van der Waals surface area contributed by atoms with E-state index in [0.717, 1.165) is 9.87 Å². The van der Waals surface area contributed by atoms with E-state index in [4.69, 9.17) is 6.42 Å². The van der Waals surface area contributed by atoms with Gasteiger partial charge in [0.1, 0.15) is 6.04 Å². The van der Waals surface area contributed by atoms with E-state index in [-0.39, 0.29) is 17.1 Å². The Morgan fingerprint density at radius 1 is 1.29 bits per heavy atom. The number of anilines is 2. The highest BCUT2D eigenvalue weighted by atomic mass is 32.2. The summed E-state index contributed by atoms with van der Waals surface area (Å²) in [6.07, 6.45) is 6.76. The highest BCUT2D eigenvalue weighted by molar-refractivity contribution is 7.93. The molecule has 0 radical (unpaired) electrons. The Morgan fingerprint density at radius 2 is 2.00 bits per heavy atom. The van der Waals surface area contributed by atoms with Crippen molar-refractivity contribution in [1.29, 1.82) is 0 Å². The fraction of sp³-hybridized carbons (Fsp3) is 0.176. The van der Waals surface area contributed by atoms with E-state index >= 15 is 0 Å². The first-order chi connectivity index (χ1) is 11.4. The van der Waals surface area contributed by atoms with Gasteiger partial charge in [-0.05, 0) is 31.2 Å². The van der Waals surface area contributed by atoms with Crippen LogP contribution in [0.5, 0.6) is 0 Å². The van der Waals surface area contributed by atoms with E-state index in [9.17, 15) is 13.2 Å². The number of carbonyl (C=O) groups excluding carboxylic acids is 1. The number of fused-ring (bicyclic) bond motifs is 1. The van der Waals surface area contributed by atoms with Gasteiger partial charge in [-0.3, -0.25) is 4.79 Å². The van der Waals surface area contributed by atoms with Crippen molar-refractivity contribution in [3.8, 4) is 12.3 Å². The zero-order valence-electron chi connectivity index (χ0n) is 12.9. The summed E-state index contributed by atoms with van der Waals surface area (Å²) in [5, 5.41) is 2.65. The van der Waals surface area contributed by atoms with Crippen molar-refractivity contribution in [1.82, 2.24) is 4.98 Å². The number of terminal acetylenes is 1. The number of pyridine rings is 1.